The SMILES string of the molecule is CN(Cc1ccc(/C=C/C(=O)Nc2cccc(Cl)c2Cl)o1)S(C)(=O)=O. The summed E-state index contributed by atoms with van der Waals surface area (Å²) in [6.45, 7) is 0.108. The van der Waals surface area contributed by atoms with Gasteiger partial charge >= 0.3 is 0 Å². The van der Waals surface area contributed by atoms with Crippen LogP contribution in [0.4, 0.5) is 5.69 Å². The number of rotatable bonds is 6. The summed E-state index contributed by atoms with van der Waals surface area (Å²) < 4.78 is 29.4. The molecule has 2 rings (SSSR count). The van der Waals surface area contributed by atoms with Crippen molar-refractivity contribution in [1.82, 2.24) is 4.31 Å². The Morgan fingerprint density at radius 3 is 2.68 bits per heavy atom. The summed E-state index contributed by atoms with van der Waals surface area (Å²) in [5.74, 6) is 0.477. The van der Waals surface area contributed by atoms with Crippen LogP contribution in [0.25, 0.3) is 6.08 Å². The van der Waals surface area contributed by atoms with Crippen LogP contribution in [0.15, 0.2) is 40.8 Å². The van der Waals surface area contributed by atoms with Crippen LogP contribution in [0.1, 0.15) is 11.5 Å². The molecule has 1 amide bonds. The van der Waals surface area contributed by atoms with Gasteiger partial charge in [-0.05, 0) is 30.3 Å². The highest BCUT2D eigenvalue weighted by molar-refractivity contribution is 7.88. The van der Waals surface area contributed by atoms with Gasteiger partial charge in [-0.15, -0.1) is 0 Å². The second kappa shape index (κ2) is 8.05. The van der Waals surface area contributed by atoms with E-state index in [0.717, 1.165) is 10.6 Å². The zero-order valence-corrected chi connectivity index (χ0v) is 15.8. The topological polar surface area (TPSA) is 79.6 Å². The second-order valence-electron chi connectivity index (χ2n) is 5.25. The summed E-state index contributed by atoms with van der Waals surface area (Å²) >= 11 is 11.9. The smallest absolute Gasteiger partial charge is 0.248 e. The van der Waals surface area contributed by atoms with Crippen molar-refractivity contribution in [3.05, 3.63) is 58.0 Å². The zero-order valence-electron chi connectivity index (χ0n) is 13.5. The summed E-state index contributed by atoms with van der Waals surface area (Å²) in [5.41, 5.74) is 0.402. The third kappa shape index (κ3) is 5.61. The molecular formula is C16H16Cl2N2O4S. The Morgan fingerprint density at radius 2 is 2.00 bits per heavy atom. The Labute approximate surface area is 156 Å². The van der Waals surface area contributed by atoms with Crippen LogP contribution in [0, 0.1) is 0 Å². The fraction of sp³-hybridized carbons (Fsp3) is 0.188. The molecule has 25 heavy (non-hydrogen) atoms. The Kier molecular flexibility index (Phi) is 6.29. The van der Waals surface area contributed by atoms with E-state index in [9.17, 15) is 13.2 Å². The number of anilines is 1. The quantitative estimate of drug-likeness (QED) is 0.747. The molecule has 1 heterocycles. The summed E-state index contributed by atoms with van der Waals surface area (Å²) in [6, 6.07) is 8.21. The summed E-state index contributed by atoms with van der Waals surface area (Å²) in [6.07, 6.45) is 3.86. The largest absolute Gasteiger partial charge is 0.460 e. The predicted molar refractivity (Wildman–Crippen MR) is 99.1 cm³/mol. The number of nitrogens with one attached hydrogen (secondary N) is 1. The number of hydrogen-bond acceptors (Lipinski definition) is 4. The van der Waals surface area contributed by atoms with Gasteiger partial charge in [0.2, 0.25) is 15.9 Å². The monoisotopic (exact) mass is 402 g/mol. The molecule has 0 aliphatic rings. The Balaban J connectivity index is 2.00. The molecule has 0 saturated carbocycles. The first-order valence-corrected chi connectivity index (χ1v) is 9.70. The number of hydrogen-bond donors (Lipinski definition) is 1. The third-order valence-corrected chi connectivity index (χ3v) is 5.32. The second-order valence-corrected chi connectivity index (χ2v) is 8.12. The lowest BCUT2D eigenvalue weighted by molar-refractivity contribution is -0.111. The van der Waals surface area contributed by atoms with E-state index in [1.165, 1.54) is 19.2 Å². The molecule has 1 N–H and O–H groups in total. The molecule has 0 aliphatic carbocycles. The molecule has 1 aromatic carbocycles. The van der Waals surface area contributed by atoms with Gasteiger partial charge in [0, 0.05) is 13.1 Å². The lowest BCUT2D eigenvalue weighted by atomic mass is 10.3. The first kappa shape index (κ1) is 19.5. The molecule has 6 nitrogen and oxygen atoms in total. The van der Waals surface area contributed by atoms with Gasteiger partial charge in [-0.25, -0.2) is 8.42 Å². The molecule has 134 valence electrons. The van der Waals surface area contributed by atoms with E-state index in [1.54, 1.807) is 30.3 Å². The van der Waals surface area contributed by atoms with E-state index in [0.29, 0.717) is 22.2 Å². The Bertz CT molecular complexity index is 907. The van der Waals surface area contributed by atoms with Crippen molar-refractivity contribution in [2.75, 3.05) is 18.6 Å². The van der Waals surface area contributed by atoms with E-state index >= 15 is 0 Å². The van der Waals surface area contributed by atoms with Gasteiger partial charge in [-0.3, -0.25) is 4.79 Å². The number of furan rings is 1. The Hall–Kier alpha value is -1.80. The van der Waals surface area contributed by atoms with E-state index in [-0.39, 0.29) is 11.6 Å². The van der Waals surface area contributed by atoms with E-state index < -0.39 is 15.9 Å². The first-order chi connectivity index (χ1) is 11.7. The average molecular weight is 403 g/mol. The molecule has 0 atom stereocenters. The molecule has 9 heteroatoms. The number of carbonyl (C=O) groups excluding carboxylic acids is 1. The third-order valence-electron chi connectivity index (χ3n) is 3.24. The molecule has 0 spiro atoms. The highest BCUT2D eigenvalue weighted by atomic mass is 35.5. The van der Waals surface area contributed by atoms with Crippen LogP contribution in [0.5, 0.6) is 0 Å². The van der Waals surface area contributed by atoms with Crippen molar-refractivity contribution < 1.29 is 17.6 Å². The maximum absolute atomic E-state index is 11.9. The molecule has 2 aromatic rings. The normalized spacial score (nSPS) is 12.0. The molecule has 0 unspecified atom stereocenters. The van der Waals surface area contributed by atoms with Crippen LogP contribution in [0.3, 0.4) is 0 Å². The van der Waals surface area contributed by atoms with Gasteiger partial charge in [0.25, 0.3) is 0 Å². The predicted octanol–water partition coefficient (Wildman–Crippen LogP) is 3.63. The van der Waals surface area contributed by atoms with Gasteiger partial charge in [-0.2, -0.15) is 4.31 Å². The minimum atomic E-state index is -3.29. The number of halogens is 2. The van der Waals surface area contributed by atoms with Crippen molar-refractivity contribution >= 4 is 50.9 Å². The van der Waals surface area contributed by atoms with Gasteiger partial charge in [-0.1, -0.05) is 29.3 Å². The van der Waals surface area contributed by atoms with Gasteiger partial charge in [0.15, 0.2) is 0 Å². The van der Waals surface area contributed by atoms with Crippen LogP contribution in [-0.2, 0) is 21.4 Å². The molecule has 0 aliphatic heterocycles. The van der Waals surface area contributed by atoms with Crippen molar-refractivity contribution in [2.24, 2.45) is 0 Å². The number of sulfonamides is 1. The van der Waals surface area contributed by atoms with Crippen LogP contribution in [0.2, 0.25) is 10.0 Å². The highest BCUT2D eigenvalue weighted by Gasteiger charge is 2.13. The van der Waals surface area contributed by atoms with Gasteiger partial charge < -0.3 is 9.73 Å². The highest BCUT2D eigenvalue weighted by Crippen LogP contribution is 2.29. The van der Waals surface area contributed by atoms with Crippen molar-refractivity contribution in [3.63, 3.8) is 0 Å². The van der Waals surface area contributed by atoms with Gasteiger partial charge in [0.1, 0.15) is 11.5 Å². The van der Waals surface area contributed by atoms with E-state index in [2.05, 4.69) is 5.32 Å². The molecular weight excluding hydrogens is 387 g/mol. The zero-order chi connectivity index (χ0) is 18.6. The summed E-state index contributed by atoms with van der Waals surface area (Å²) in [7, 11) is -1.84. The van der Waals surface area contributed by atoms with E-state index in [1.807, 2.05) is 0 Å². The Morgan fingerprint density at radius 1 is 1.28 bits per heavy atom. The van der Waals surface area contributed by atoms with Crippen molar-refractivity contribution in [3.8, 4) is 0 Å². The maximum Gasteiger partial charge on any atom is 0.248 e. The molecule has 0 radical (unpaired) electrons. The molecule has 1 aromatic heterocycles. The summed E-state index contributed by atoms with van der Waals surface area (Å²) in [5, 5.41) is 3.21. The summed E-state index contributed by atoms with van der Waals surface area (Å²) in [4.78, 5) is 11.9. The molecule has 0 fully saturated rings. The fourth-order valence-electron chi connectivity index (χ4n) is 1.84. The van der Waals surface area contributed by atoms with Crippen molar-refractivity contribution in [1.29, 1.82) is 0 Å². The van der Waals surface area contributed by atoms with Crippen molar-refractivity contribution in [2.45, 2.75) is 6.54 Å². The minimum absolute atomic E-state index is 0.108. The number of benzene rings is 1. The first-order valence-electron chi connectivity index (χ1n) is 7.10. The minimum Gasteiger partial charge on any atom is -0.460 e. The lowest BCUT2D eigenvalue weighted by Crippen LogP contribution is -2.24. The number of carbonyl (C=O) groups is 1. The standard InChI is InChI=1S/C16H16Cl2N2O4S/c1-20(25(2,22)23)10-12-7-6-11(24-12)8-9-15(21)19-14-5-3-4-13(17)16(14)18/h3-9H,10H2,1-2H3,(H,19,21)/b9-8+. The van der Waals surface area contributed by atoms with E-state index in [4.69, 9.17) is 27.6 Å². The lowest BCUT2D eigenvalue weighted by Gasteiger charge is -2.11. The number of amides is 1. The molecule has 0 saturated heterocycles. The average Bonchev–Trinajstić information content (AvgIpc) is 2.96. The molecule has 0 bridgehead atoms. The van der Waals surface area contributed by atoms with Gasteiger partial charge in [0.05, 0.1) is 28.5 Å². The van der Waals surface area contributed by atoms with Crippen LogP contribution < -0.4 is 5.32 Å². The van der Waals surface area contributed by atoms with Crippen LogP contribution >= 0.6 is 23.2 Å². The fourth-order valence-corrected chi connectivity index (χ4v) is 2.55. The van der Waals surface area contributed by atoms with Crippen LogP contribution in [-0.4, -0.2) is 31.9 Å². The number of nitrogens with zero attached hydrogens (tertiary/aromatic N) is 1. The maximum atomic E-state index is 11.9.